The summed E-state index contributed by atoms with van der Waals surface area (Å²) >= 11 is 0.958. The zero-order chi connectivity index (χ0) is 26.6. The van der Waals surface area contributed by atoms with Gasteiger partial charge in [0.1, 0.15) is 23.1 Å². The number of alkyl halides is 4. The first-order valence-corrected chi connectivity index (χ1v) is 12.3. The first kappa shape index (κ1) is 26.7. The van der Waals surface area contributed by atoms with E-state index in [4.69, 9.17) is 4.74 Å². The molecule has 1 aliphatic rings. The lowest BCUT2D eigenvalue weighted by atomic mass is 10.1. The van der Waals surface area contributed by atoms with Crippen molar-refractivity contribution in [1.82, 2.24) is 24.2 Å². The minimum Gasteiger partial charge on any atom is -0.471 e. The van der Waals surface area contributed by atoms with Gasteiger partial charge in [-0.2, -0.15) is 17.5 Å². The second-order valence-corrected chi connectivity index (χ2v) is 9.26. The van der Waals surface area contributed by atoms with Crippen molar-refractivity contribution in [3.63, 3.8) is 0 Å². The molecule has 3 aromatic heterocycles. The molecule has 0 radical (unpaired) electrons. The van der Waals surface area contributed by atoms with Crippen molar-refractivity contribution < 1.29 is 27.1 Å². The Morgan fingerprint density at radius 1 is 1.22 bits per heavy atom. The van der Waals surface area contributed by atoms with Gasteiger partial charge in [-0.25, -0.2) is 19.3 Å². The molecule has 2 N–H and O–H groups in total. The molecule has 0 spiro atoms. The van der Waals surface area contributed by atoms with E-state index in [1.165, 1.54) is 6.20 Å². The van der Waals surface area contributed by atoms with Gasteiger partial charge in [-0.1, -0.05) is 6.92 Å². The van der Waals surface area contributed by atoms with E-state index in [2.05, 4.69) is 41.8 Å². The normalized spacial score (nSPS) is 18.4. The number of nitrogens with zero attached hydrogens (tertiary/aromatic N) is 5. The molecule has 0 aromatic carbocycles. The van der Waals surface area contributed by atoms with Gasteiger partial charge in [0.2, 0.25) is 5.88 Å². The Labute approximate surface area is 214 Å². The number of ether oxygens (including phenoxy) is 1. The maximum atomic E-state index is 14.5. The summed E-state index contributed by atoms with van der Waals surface area (Å²) < 4.78 is 62.5. The van der Waals surface area contributed by atoms with Crippen molar-refractivity contribution in [2.45, 2.75) is 45.1 Å². The van der Waals surface area contributed by atoms with Crippen molar-refractivity contribution in [1.29, 1.82) is 0 Å². The maximum absolute atomic E-state index is 14.5. The molecule has 0 bridgehead atoms. The molecule has 1 amide bonds. The summed E-state index contributed by atoms with van der Waals surface area (Å²) in [4.78, 5) is 26.3. The van der Waals surface area contributed by atoms with E-state index in [0.29, 0.717) is 35.5 Å². The van der Waals surface area contributed by atoms with Crippen molar-refractivity contribution >= 4 is 33.9 Å². The number of rotatable bonds is 8. The number of hydrogen-bond donors (Lipinski definition) is 2. The second-order valence-electron chi connectivity index (χ2n) is 8.48. The molecular weight excluding hydrogens is 514 g/mol. The highest BCUT2D eigenvalue weighted by atomic mass is 32.1. The highest BCUT2D eigenvalue weighted by Crippen LogP contribution is 2.30. The van der Waals surface area contributed by atoms with Crippen LogP contribution in [-0.2, 0) is 6.18 Å². The Morgan fingerprint density at radius 2 is 2.03 bits per heavy atom. The highest BCUT2D eigenvalue weighted by Gasteiger charge is 2.33. The number of likely N-dealkylation sites (tertiary alicyclic amines) is 1. The molecule has 9 nitrogen and oxygen atoms in total. The van der Waals surface area contributed by atoms with Crippen LogP contribution < -0.4 is 15.4 Å². The van der Waals surface area contributed by atoms with E-state index < -0.39 is 30.1 Å². The summed E-state index contributed by atoms with van der Waals surface area (Å²) in [6, 6.07) is 3.14. The number of nitrogens with one attached hydrogen (secondary N) is 2. The van der Waals surface area contributed by atoms with Gasteiger partial charge in [-0.3, -0.25) is 4.79 Å². The molecule has 4 heterocycles. The topological polar surface area (TPSA) is 105 Å². The maximum Gasteiger partial charge on any atom is 0.434 e. The third kappa shape index (κ3) is 6.68. The van der Waals surface area contributed by atoms with Gasteiger partial charge < -0.3 is 20.3 Å². The number of piperidine rings is 1. The second kappa shape index (κ2) is 11.3. The average Bonchev–Trinajstić information content (AvgIpc) is 3.22. The third-order valence-corrected chi connectivity index (χ3v) is 6.50. The molecule has 3 aromatic rings. The van der Waals surface area contributed by atoms with Crippen LogP contribution >= 0.6 is 11.5 Å². The number of aryl methyl sites for hydroxylation is 1. The highest BCUT2D eigenvalue weighted by molar-refractivity contribution is 7.10. The Hall–Kier alpha value is -3.39. The number of carbonyl (C=O) groups excluding carboxylic acids is 1. The van der Waals surface area contributed by atoms with Crippen molar-refractivity contribution in [3.8, 4) is 5.88 Å². The predicted molar refractivity (Wildman–Crippen MR) is 130 cm³/mol. The number of aromatic nitrogens is 4. The molecule has 4 rings (SSSR count). The number of halogens is 4. The number of carbonyl (C=O) groups is 1. The summed E-state index contributed by atoms with van der Waals surface area (Å²) in [5.74, 6) is -0.219. The molecule has 1 saturated heterocycles. The van der Waals surface area contributed by atoms with Gasteiger partial charge in [-0.05, 0) is 43.9 Å². The molecule has 37 heavy (non-hydrogen) atoms. The molecule has 14 heteroatoms. The van der Waals surface area contributed by atoms with Gasteiger partial charge in [-0.15, -0.1) is 0 Å². The predicted octanol–water partition coefficient (Wildman–Crippen LogP) is 4.85. The van der Waals surface area contributed by atoms with Gasteiger partial charge >= 0.3 is 6.18 Å². The van der Waals surface area contributed by atoms with Crippen molar-refractivity contribution in [2.24, 2.45) is 0 Å². The van der Waals surface area contributed by atoms with Gasteiger partial charge in [0.15, 0.2) is 5.69 Å². The number of hydrogen-bond acceptors (Lipinski definition) is 9. The molecule has 0 aliphatic carbocycles. The summed E-state index contributed by atoms with van der Waals surface area (Å²) in [5.41, 5.74) is -0.134. The summed E-state index contributed by atoms with van der Waals surface area (Å²) in [5, 5.41) is 5.78. The SMILES string of the molecule is CCCN1CC[C@@H](Oc2ccc(NC(=O)c3c(C)nsc3Nc3cnc(C(F)(F)F)cn3)cn2)[C@H](F)C1. The van der Waals surface area contributed by atoms with Crippen LogP contribution in [0.25, 0.3) is 0 Å². The average molecular weight is 540 g/mol. The van der Waals surface area contributed by atoms with E-state index in [1.54, 1.807) is 19.1 Å². The standard InChI is InChI=1S/C23H25F4N7O2S/c1-3-7-34-8-6-16(15(24)12-34)36-19-5-4-14(9-30-19)31-21(35)20-13(2)33-37-22(20)32-18-11-28-17(10-29-18)23(25,26)27/h4-5,9-11,15-16H,3,6-8,12H2,1-2H3,(H,29,32)(H,31,35)/t15-,16-/m1/s1. The Balaban J connectivity index is 1.37. The number of pyridine rings is 1. The number of amides is 1. The van der Waals surface area contributed by atoms with E-state index in [1.807, 2.05) is 0 Å². The van der Waals surface area contributed by atoms with Crippen molar-refractivity contribution in [2.75, 3.05) is 30.3 Å². The molecule has 1 aliphatic heterocycles. The summed E-state index contributed by atoms with van der Waals surface area (Å²) in [6.45, 7) is 5.63. The minimum absolute atomic E-state index is 0.0283. The molecule has 2 atom stereocenters. The monoisotopic (exact) mass is 539 g/mol. The molecular formula is C23H25F4N7O2S. The van der Waals surface area contributed by atoms with Crippen molar-refractivity contribution in [3.05, 3.63) is 47.7 Å². The van der Waals surface area contributed by atoms with Gasteiger partial charge in [0.05, 0.1) is 35.5 Å². The Bertz CT molecular complexity index is 1210. The lowest BCUT2D eigenvalue weighted by Gasteiger charge is -2.34. The van der Waals surface area contributed by atoms with Crippen LogP contribution in [0.15, 0.2) is 30.7 Å². The smallest absolute Gasteiger partial charge is 0.434 e. The van der Waals surface area contributed by atoms with Crippen LogP contribution in [0, 0.1) is 6.92 Å². The fourth-order valence-electron chi connectivity index (χ4n) is 3.85. The third-order valence-electron chi connectivity index (χ3n) is 5.65. The Morgan fingerprint density at radius 3 is 2.65 bits per heavy atom. The zero-order valence-corrected chi connectivity index (χ0v) is 20.9. The van der Waals surface area contributed by atoms with Crippen LogP contribution in [0.2, 0.25) is 0 Å². The fourth-order valence-corrected chi connectivity index (χ4v) is 4.65. The molecule has 0 saturated carbocycles. The lowest BCUT2D eigenvalue weighted by Crippen LogP contribution is -2.47. The van der Waals surface area contributed by atoms with Crippen LogP contribution in [0.1, 0.15) is 41.5 Å². The van der Waals surface area contributed by atoms with Gasteiger partial charge in [0.25, 0.3) is 5.91 Å². The van der Waals surface area contributed by atoms with E-state index in [9.17, 15) is 22.4 Å². The first-order chi connectivity index (χ1) is 17.6. The van der Waals surface area contributed by atoms with E-state index in [-0.39, 0.29) is 17.3 Å². The minimum atomic E-state index is -4.61. The quantitative estimate of drug-likeness (QED) is 0.392. The first-order valence-electron chi connectivity index (χ1n) is 11.6. The van der Waals surface area contributed by atoms with E-state index >= 15 is 0 Å². The fraction of sp³-hybridized carbons (Fsp3) is 0.435. The molecule has 1 fully saturated rings. The van der Waals surface area contributed by atoms with E-state index in [0.717, 1.165) is 37.2 Å². The van der Waals surface area contributed by atoms with Gasteiger partial charge in [0, 0.05) is 19.2 Å². The number of anilines is 3. The van der Waals surface area contributed by atoms with Crippen LogP contribution in [0.3, 0.4) is 0 Å². The van der Waals surface area contributed by atoms with Crippen LogP contribution in [-0.4, -0.2) is 62.0 Å². The summed E-state index contributed by atoms with van der Waals surface area (Å²) in [6.07, 6.45) is -1.84. The Kier molecular flexibility index (Phi) is 8.17. The zero-order valence-electron chi connectivity index (χ0n) is 20.0. The largest absolute Gasteiger partial charge is 0.471 e. The van der Waals surface area contributed by atoms with Crippen LogP contribution in [0.4, 0.5) is 34.1 Å². The molecule has 198 valence electrons. The lowest BCUT2D eigenvalue weighted by molar-refractivity contribution is -0.141. The summed E-state index contributed by atoms with van der Waals surface area (Å²) in [7, 11) is 0. The molecule has 0 unspecified atom stereocenters. The van der Waals surface area contributed by atoms with Crippen LogP contribution in [0.5, 0.6) is 5.88 Å².